The third-order valence-electron chi connectivity index (χ3n) is 3.93. The highest BCUT2D eigenvalue weighted by Crippen LogP contribution is 2.34. The Kier molecular flexibility index (Phi) is 4.11. The molecule has 2 heterocycles. The SMILES string of the molecule is CC1(C)CCCN(c2ncc(C(=O)O)cc2[N+](=O)[O-])CC1. The molecule has 7 heteroatoms. The molecule has 0 spiro atoms. The summed E-state index contributed by atoms with van der Waals surface area (Å²) >= 11 is 0. The maximum Gasteiger partial charge on any atom is 0.337 e. The number of hydrogen-bond acceptors (Lipinski definition) is 5. The van der Waals surface area contributed by atoms with Gasteiger partial charge in [0, 0.05) is 25.4 Å². The van der Waals surface area contributed by atoms with Crippen LogP contribution in [-0.2, 0) is 0 Å². The van der Waals surface area contributed by atoms with Crippen LogP contribution in [0.5, 0.6) is 0 Å². The minimum atomic E-state index is -1.21. The number of nitro groups is 1. The van der Waals surface area contributed by atoms with Gasteiger partial charge in [-0.05, 0) is 24.7 Å². The van der Waals surface area contributed by atoms with Gasteiger partial charge in [-0.2, -0.15) is 0 Å². The number of carboxylic acids is 1. The highest BCUT2D eigenvalue weighted by molar-refractivity contribution is 5.88. The molecule has 1 saturated heterocycles. The molecule has 0 unspecified atom stereocenters. The second-order valence-electron chi connectivity index (χ2n) is 6.13. The van der Waals surface area contributed by atoms with Gasteiger partial charge in [0.15, 0.2) is 0 Å². The van der Waals surface area contributed by atoms with E-state index in [1.54, 1.807) is 0 Å². The van der Waals surface area contributed by atoms with Crippen LogP contribution in [-0.4, -0.2) is 34.1 Å². The molecule has 0 atom stereocenters. The van der Waals surface area contributed by atoms with E-state index >= 15 is 0 Å². The molecule has 1 aliphatic heterocycles. The third-order valence-corrected chi connectivity index (χ3v) is 3.93. The Morgan fingerprint density at radius 1 is 1.43 bits per heavy atom. The van der Waals surface area contributed by atoms with Crippen LogP contribution >= 0.6 is 0 Å². The van der Waals surface area contributed by atoms with E-state index in [9.17, 15) is 14.9 Å². The molecular weight excluding hydrogens is 274 g/mol. The molecule has 1 aliphatic rings. The first-order chi connectivity index (χ1) is 9.80. The summed E-state index contributed by atoms with van der Waals surface area (Å²) in [4.78, 5) is 27.5. The molecule has 1 fully saturated rings. The van der Waals surface area contributed by atoms with Gasteiger partial charge < -0.3 is 10.0 Å². The van der Waals surface area contributed by atoms with Crippen molar-refractivity contribution in [3.05, 3.63) is 27.9 Å². The standard InChI is InChI=1S/C14H19N3O4/c1-14(2)4-3-6-16(7-5-14)12-11(17(20)21)8-10(9-15-12)13(18)19/h8-9H,3-7H2,1-2H3,(H,18,19). The maximum absolute atomic E-state index is 11.2. The van der Waals surface area contributed by atoms with Crippen LogP contribution < -0.4 is 4.90 Å². The van der Waals surface area contributed by atoms with Gasteiger partial charge in [-0.15, -0.1) is 0 Å². The Labute approximate surface area is 122 Å². The van der Waals surface area contributed by atoms with Crippen molar-refractivity contribution in [3.8, 4) is 0 Å². The summed E-state index contributed by atoms with van der Waals surface area (Å²) in [7, 11) is 0. The molecule has 21 heavy (non-hydrogen) atoms. The van der Waals surface area contributed by atoms with Crippen molar-refractivity contribution >= 4 is 17.5 Å². The van der Waals surface area contributed by atoms with Crippen LogP contribution in [0.4, 0.5) is 11.5 Å². The van der Waals surface area contributed by atoms with Crippen molar-refractivity contribution in [2.24, 2.45) is 5.41 Å². The van der Waals surface area contributed by atoms with Crippen molar-refractivity contribution in [1.82, 2.24) is 4.98 Å². The monoisotopic (exact) mass is 293 g/mol. The molecular formula is C14H19N3O4. The number of anilines is 1. The normalized spacial score (nSPS) is 18.1. The molecule has 0 aliphatic carbocycles. The fourth-order valence-electron chi connectivity index (χ4n) is 2.58. The van der Waals surface area contributed by atoms with Gasteiger partial charge >= 0.3 is 11.7 Å². The van der Waals surface area contributed by atoms with Crippen LogP contribution in [0.2, 0.25) is 0 Å². The smallest absolute Gasteiger partial charge is 0.337 e. The van der Waals surface area contributed by atoms with Crippen molar-refractivity contribution < 1.29 is 14.8 Å². The molecule has 0 bridgehead atoms. The Bertz CT molecular complexity index is 571. The van der Waals surface area contributed by atoms with E-state index in [2.05, 4.69) is 18.8 Å². The summed E-state index contributed by atoms with van der Waals surface area (Å²) in [6, 6.07) is 1.08. The summed E-state index contributed by atoms with van der Waals surface area (Å²) in [5.74, 6) is -0.947. The highest BCUT2D eigenvalue weighted by atomic mass is 16.6. The predicted molar refractivity (Wildman–Crippen MR) is 77.7 cm³/mol. The summed E-state index contributed by atoms with van der Waals surface area (Å²) in [5, 5.41) is 20.1. The molecule has 0 saturated carbocycles. The van der Waals surface area contributed by atoms with Crippen LogP contribution in [0.1, 0.15) is 43.5 Å². The first-order valence-corrected chi connectivity index (χ1v) is 6.93. The van der Waals surface area contributed by atoms with E-state index in [1.807, 2.05) is 4.90 Å². The first-order valence-electron chi connectivity index (χ1n) is 6.93. The van der Waals surface area contributed by atoms with Gasteiger partial charge in [0.25, 0.3) is 0 Å². The van der Waals surface area contributed by atoms with E-state index in [0.29, 0.717) is 13.1 Å². The van der Waals surface area contributed by atoms with Crippen LogP contribution in [0, 0.1) is 15.5 Å². The molecule has 1 aromatic heterocycles. The fraction of sp³-hybridized carbons (Fsp3) is 0.571. The Morgan fingerprint density at radius 3 is 2.76 bits per heavy atom. The van der Waals surface area contributed by atoms with Crippen LogP contribution in [0.15, 0.2) is 12.3 Å². The summed E-state index contributed by atoms with van der Waals surface area (Å²) in [6.45, 7) is 5.76. The highest BCUT2D eigenvalue weighted by Gasteiger charge is 2.28. The maximum atomic E-state index is 11.2. The molecule has 0 aromatic carbocycles. The average Bonchev–Trinajstić information content (AvgIpc) is 2.59. The van der Waals surface area contributed by atoms with Crippen LogP contribution in [0.25, 0.3) is 0 Å². The van der Waals surface area contributed by atoms with E-state index in [0.717, 1.165) is 25.3 Å². The van der Waals surface area contributed by atoms with E-state index in [-0.39, 0.29) is 22.5 Å². The number of aromatic nitrogens is 1. The molecule has 0 radical (unpaired) electrons. The molecule has 2 rings (SSSR count). The lowest BCUT2D eigenvalue weighted by atomic mass is 9.85. The molecule has 114 valence electrons. The number of rotatable bonds is 3. The minimum Gasteiger partial charge on any atom is -0.478 e. The molecule has 7 nitrogen and oxygen atoms in total. The van der Waals surface area contributed by atoms with E-state index < -0.39 is 10.9 Å². The van der Waals surface area contributed by atoms with Crippen molar-refractivity contribution in [2.75, 3.05) is 18.0 Å². The number of aromatic carboxylic acids is 1. The lowest BCUT2D eigenvalue weighted by Crippen LogP contribution is -2.27. The zero-order valence-electron chi connectivity index (χ0n) is 12.2. The average molecular weight is 293 g/mol. The Morgan fingerprint density at radius 2 is 2.14 bits per heavy atom. The van der Waals surface area contributed by atoms with Gasteiger partial charge in [0.1, 0.15) is 0 Å². The summed E-state index contributed by atoms with van der Waals surface area (Å²) < 4.78 is 0. The largest absolute Gasteiger partial charge is 0.478 e. The topological polar surface area (TPSA) is 96.6 Å². The number of carboxylic acid groups (broad SMARTS) is 1. The van der Waals surface area contributed by atoms with E-state index in [4.69, 9.17) is 5.11 Å². The second kappa shape index (κ2) is 5.67. The number of nitrogens with zero attached hydrogens (tertiary/aromatic N) is 3. The van der Waals surface area contributed by atoms with Gasteiger partial charge in [0.2, 0.25) is 5.82 Å². The molecule has 0 amide bonds. The molecule has 1 N–H and O–H groups in total. The van der Waals surface area contributed by atoms with Gasteiger partial charge in [-0.3, -0.25) is 10.1 Å². The summed E-state index contributed by atoms with van der Waals surface area (Å²) in [6.07, 6.45) is 4.10. The Balaban J connectivity index is 2.34. The first kappa shape index (κ1) is 15.2. The lowest BCUT2D eigenvalue weighted by Gasteiger charge is -2.23. The number of carbonyl (C=O) groups is 1. The summed E-state index contributed by atoms with van der Waals surface area (Å²) in [5.41, 5.74) is -0.194. The van der Waals surface area contributed by atoms with Crippen molar-refractivity contribution in [1.29, 1.82) is 0 Å². The van der Waals surface area contributed by atoms with E-state index in [1.165, 1.54) is 6.20 Å². The molecule has 1 aromatic rings. The zero-order valence-corrected chi connectivity index (χ0v) is 12.2. The number of hydrogen-bond donors (Lipinski definition) is 1. The Hall–Kier alpha value is -2.18. The third kappa shape index (κ3) is 3.48. The van der Waals surface area contributed by atoms with Gasteiger partial charge in [-0.1, -0.05) is 13.8 Å². The number of pyridine rings is 1. The van der Waals surface area contributed by atoms with Crippen LogP contribution in [0.3, 0.4) is 0 Å². The van der Waals surface area contributed by atoms with Crippen molar-refractivity contribution in [3.63, 3.8) is 0 Å². The fourth-order valence-corrected chi connectivity index (χ4v) is 2.58. The minimum absolute atomic E-state index is 0.166. The second-order valence-corrected chi connectivity index (χ2v) is 6.13. The van der Waals surface area contributed by atoms with Gasteiger partial charge in [-0.25, -0.2) is 9.78 Å². The quantitative estimate of drug-likeness (QED) is 0.679. The lowest BCUT2D eigenvalue weighted by molar-refractivity contribution is -0.384. The predicted octanol–water partition coefficient (Wildman–Crippen LogP) is 2.70. The zero-order chi connectivity index (χ0) is 15.6. The van der Waals surface area contributed by atoms with Gasteiger partial charge in [0.05, 0.1) is 10.5 Å². The van der Waals surface area contributed by atoms with Crippen molar-refractivity contribution in [2.45, 2.75) is 33.1 Å².